The number of aromatic nitrogens is 4. The van der Waals surface area contributed by atoms with Crippen LogP contribution in [0, 0.1) is 0 Å². The minimum absolute atomic E-state index is 0.216. The summed E-state index contributed by atoms with van der Waals surface area (Å²) in [7, 11) is 0. The fraction of sp³-hybridized carbons (Fsp3) is 0.261. The molecule has 0 bridgehead atoms. The molecule has 0 aliphatic heterocycles. The Morgan fingerprint density at radius 1 is 1.00 bits per heavy atom. The van der Waals surface area contributed by atoms with Crippen LogP contribution in [0.5, 0.6) is 5.75 Å². The third-order valence-corrected chi connectivity index (χ3v) is 4.88. The number of H-pyrrole nitrogens is 2. The van der Waals surface area contributed by atoms with Crippen molar-refractivity contribution in [3.8, 4) is 5.75 Å². The van der Waals surface area contributed by atoms with E-state index in [1.807, 2.05) is 54.6 Å². The van der Waals surface area contributed by atoms with Gasteiger partial charge < -0.3 is 9.72 Å². The zero-order valence-corrected chi connectivity index (χ0v) is 16.4. The first-order chi connectivity index (χ1) is 14.2. The molecule has 2 N–H and O–H groups in total. The summed E-state index contributed by atoms with van der Waals surface area (Å²) in [5.74, 6) is 1.40. The highest BCUT2D eigenvalue weighted by atomic mass is 16.5. The fourth-order valence-electron chi connectivity index (χ4n) is 3.32. The second kappa shape index (κ2) is 8.73. The smallest absolute Gasteiger partial charge is 0.279 e. The first-order valence-electron chi connectivity index (χ1n) is 9.95. The molecule has 4 aromatic rings. The molecule has 0 radical (unpaired) electrons. The van der Waals surface area contributed by atoms with Crippen LogP contribution in [-0.4, -0.2) is 20.2 Å². The van der Waals surface area contributed by atoms with Crippen molar-refractivity contribution < 1.29 is 4.74 Å². The molecule has 4 rings (SSSR count). The van der Waals surface area contributed by atoms with Gasteiger partial charge in [-0.3, -0.25) is 9.89 Å². The molecular formula is C23H24N4O2. The predicted octanol–water partition coefficient (Wildman–Crippen LogP) is 4.16. The number of rotatable bonds is 8. The van der Waals surface area contributed by atoms with E-state index < -0.39 is 0 Å². The van der Waals surface area contributed by atoms with Crippen molar-refractivity contribution in [1.29, 1.82) is 0 Å². The lowest BCUT2D eigenvalue weighted by molar-refractivity contribution is 0.303. The zero-order chi connectivity index (χ0) is 20.1. The van der Waals surface area contributed by atoms with Gasteiger partial charge in [-0.1, -0.05) is 61.9 Å². The molecule has 0 saturated heterocycles. The van der Waals surface area contributed by atoms with E-state index in [1.54, 1.807) is 0 Å². The van der Waals surface area contributed by atoms with Crippen molar-refractivity contribution >= 4 is 11.0 Å². The lowest BCUT2D eigenvalue weighted by atomic mass is 10.1. The number of hydrogen-bond acceptors (Lipinski definition) is 4. The molecule has 2 aromatic carbocycles. The molecule has 0 fully saturated rings. The Bertz CT molecular complexity index is 1150. The Morgan fingerprint density at radius 2 is 1.79 bits per heavy atom. The van der Waals surface area contributed by atoms with Gasteiger partial charge in [0.15, 0.2) is 5.52 Å². The summed E-state index contributed by atoms with van der Waals surface area (Å²) in [5.41, 5.74) is 3.82. The van der Waals surface area contributed by atoms with Crippen LogP contribution >= 0.6 is 0 Å². The van der Waals surface area contributed by atoms with Gasteiger partial charge in [-0.15, -0.1) is 0 Å². The van der Waals surface area contributed by atoms with Crippen LogP contribution in [-0.2, 0) is 19.4 Å². The molecule has 6 heteroatoms. The molecule has 2 aromatic heterocycles. The van der Waals surface area contributed by atoms with Gasteiger partial charge in [0, 0.05) is 12.0 Å². The molecule has 0 aliphatic carbocycles. The summed E-state index contributed by atoms with van der Waals surface area (Å²) in [6, 6.07) is 17.9. The maximum Gasteiger partial charge on any atom is 0.279 e. The van der Waals surface area contributed by atoms with E-state index in [0.717, 1.165) is 41.8 Å². The van der Waals surface area contributed by atoms with Crippen molar-refractivity contribution in [1.82, 2.24) is 20.2 Å². The largest absolute Gasteiger partial charge is 0.489 e. The van der Waals surface area contributed by atoms with Gasteiger partial charge in [0.25, 0.3) is 5.56 Å². The van der Waals surface area contributed by atoms with E-state index in [2.05, 4.69) is 22.1 Å². The summed E-state index contributed by atoms with van der Waals surface area (Å²) >= 11 is 0. The van der Waals surface area contributed by atoms with Crippen LogP contribution in [0.2, 0.25) is 0 Å². The van der Waals surface area contributed by atoms with Gasteiger partial charge in [0.2, 0.25) is 0 Å². The summed E-state index contributed by atoms with van der Waals surface area (Å²) in [5, 5.41) is 7.12. The number of aromatic amines is 2. The van der Waals surface area contributed by atoms with Crippen LogP contribution in [0.4, 0.5) is 0 Å². The van der Waals surface area contributed by atoms with Crippen LogP contribution in [0.1, 0.15) is 42.4 Å². The molecule has 0 amide bonds. The molecule has 0 unspecified atom stereocenters. The summed E-state index contributed by atoms with van der Waals surface area (Å²) in [6.45, 7) is 2.63. The van der Waals surface area contributed by atoms with Crippen molar-refractivity contribution in [3.63, 3.8) is 0 Å². The van der Waals surface area contributed by atoms with Gasteiger partial charge >= 0.3 is 0 Å². The monoisotopic (exact) mass is 388 g/mol. The minimum atomic E-state index is -0.216. The van der Waals surface area contributed by atoms with Crippen LogP contribution in [0.3, 0.4) is 0 Å². The van der Waals surface area contributed by atoms with Crippen molar-refractivity contribution in [2.45, 2.75) is 39.2 Å². The van der Waals surface area contributed by atoms with E-state index in [0.29, 0.717) is 29.9 Å². The number of hydrogen-bond donors (Lipinski definition) is 2. The van der Waals surface area contributed by atoms with Gasteiger partial charge in [-0.25, -0.2) is 4.98 Å². The van der Waals surface area contributed by atoms with Crippen molar-refractivity contribution in [2.75, 3.05) is 0 Å². The first-order valence-corrected chi connectivity index (χ1v) is 9.95. The minimum Gasteiger partial charge on any atom is -0.489 e. The topological polar surface area (TPSA) is 83.7 Å². The lowest BCUT2D eigenvalue weighted by Crippen LogP contribution is -2.12. The number of aryl methyl sites for hydroxylation is 1. The SMILES string of the molecule is CCCCc1[nH]nc2c(=O)[nH]c(Cc3ccccc3OCc3ccccc3)nc12. The van der Waals surface area contributed by atoms with Gasteiger partial charge in [-0.05, 0) is 24.5 Å². The number of benzene rings is 2. The average molecular weight is 388 g/mol. The third kappa shape index (κ3) is 4.37. The molecule has 0 atom stereocenters. The summed E-state index contributed by atoms with van der Waals surface area (Å²) in [6.07, 6.45) is 3.41. The molecule has 6 nitrogen and oxygen atoms in total. The summed E-state index contributed by atoms with van der Waals surface area (Å²) < 4.78 is 6.04. The first kappa shape index (κ1) is 18.9. The molecule has 148 valence electrons. The quantitative estimate of drug-likeness (QED) is 0.475. The number of nitrogens with zero attached hydrogens (tertiary/aromatic N) is 2. The third-order valence-electron chi connectivity index (χ3n) is 4.88. The Balaban J connectivity index is 1.59. The number of ether oxygens (including phenoxy) is 1. The van der Waals surface area contributed by atoms with E-state index >= 15 is 0 Å². The second-order valence-corrected chi connectivity index (χ2v) is 7.07. The number of nitrogens with one attached hydrogen (secondary N) is 2. The second-order valence-electron chi connectivity index (χ2n) is 7.07. The molecular weight excluding hydrogens is 364 g/mol. The van der Waals surface area contributed by atoms with E-state index in [1.165, 1.54) is 0 Å². The normalized spacial score (nSPS) is 11.1. The summed E-state index contributed by atoms with van der Waals surface area (Å²) in [4.78, 5) is 20.0. The number of para-hydroxylation sites is 1. The highest BCUT2D eigenvalue weighted by Gasteiger charge is 2.13. The Morgan fingerprint density at radius 3 is 2.62 bits per heavy atom. The molecule has 0 spiro atoms. The Hall–Kier alpha value is -3.41. The van der Waals surface area contributed by atoms with Gasteiger partial charge in [0.05, 0.1) is 5.69 Å². The fourth-order valence-corrected chi connectivity index (χ4v) is 3.32. The standard InChI is InChI=1S/C23H24N4O2/c1-2-3-12-18-21-22(27-26-18)23(28)25-20(24-21)14-17-11-7-8-13-19(17)29-15-16-9-5-4-6-10-16/h4-11,13H,2-3,12,14-15H2,1H3,(H,26,27)(H,24,25,28). The van der Waals surface area contributed by atoms with E-state index in [4.69, 9.17) is 9.72 Å². The van der Waals surface area contributed by atoms with Gasteiger partial charge in [-0.2, -0.15) is 5.10 Å². The highest BCUT2D eigenvalue weighted by molar-refractivity contribution is 5.75. The highest BCUT2D eigenvalue weighted by Crippen LogP contribution is 2.22. The van der Waals surface area contributed by atoms with Crippen LogP contribution in [0.25, 0.3) is 11.0 Å². The maximum atomic E-state index is 12.5. The molecule has 29 heavy (non-hydrogen) atoms. The average Bonchev–Trinajstić information content (AvgIpc) is 3.16. The van der Waals surface area contributed by atoms with Gasteiger partial charge in [0.1, 0.15) is 23.7 Å². The zero-order valence-electron chi connectivity index (χ0n) is 16.4. The predicted molar refractivity (Wildman–Crippen MR) is 113 cm³/mol. The number of unbranched alkanes of at least 4 members (excludes halogenated alkanes) is 1. The van der Waals surface area contributed by atoms with Crippen LogP contribution < -0.4 is 10.3 Å². The number of fused-ring (bicyclic) bond motifs is 1. The van der Waals surface area contributed by atoms with Crippen LogP contribution in [0.15, 0.2) is 59.4 Å². The Kier molecular flexibility index (Phi) is 5.70. The molecule has 0 saturated carbocycles. The molecule has 2 heterocycles. The molecule has 0 aliphatic rings. The lowest BCUT2D eigenvalue weighted by Gasteiger charge is -2.11. The van der Waals surface area contributed by atoms with Crippen molar-refractivity contribution in [2.24, 2.45) is 0 Å². The van der Waals surface area contributed by atoms with Crippen molar-refractivity contribution in [3.05, 3.63) is 87.6 Å². The van der Waals surface area contributed by atoms with E-state index in [-0.39, 0.29) is 5.56 Å². The Labute approximate surface area is 169 Å². The van der Waals surface area contributed by atoms with E-state index in [9.17, 15) is 4.79 Å². The maximum absolute atomic E-state index is 12.5.